The van der Waals surface area contributed by atoms with Gasteiger partial charge in [0.15, 0.2) is 5.65 Å². The zero-order chi connectivity index (χ0) is 13.2. The Labute approximate surface area is 113 Å². The Hall–Kier alpha value is -2.28. The van der Waals surface area contributed by atoms with Crippen molar-refractivity contribution in [3.63, 3.8) is 0 Å². The highest BCUT2D eigenvalue weighted by Crippen LogP contribution is 2.08. The summed E-state index contributed by atoms with van der Waals surface area (Å²) in [6.07, 6.45) is 2.09. The van der Waals surface area contributed by atoms with Crippen LogP contribution in [0.1, 0.15) is 11.3 Å². The van der Waals surface area contributed by atoms with E-state index in [-0.39, 0.29) is 12.3 Å². The maximum absolute atomic E-state index is 11.8. The van der Waals surface area contributed by atoms with Crippen molar-refractivity contribution in [2.45, 2.75) is 13.3 Å². The topological polar surface area (TPSA) is 72.2 Å². The van der Waals surface area contributed by atoms with Crippen LogP contribution in [-0.2, 0) is 11.2 Å². The predicted octanol–water partition coefficient (Wildman–Crippen LogP) is 1.68. The molecule has 3 aromatic heterocycles. The number of fused-ring (bicyclic) bond motifs is 1. The Bertz CT molecular complexity index is 719. The molecular weight excluding hydrogens is 262 g/mol. The molecule has 7 heteroatoms. The van der Waals surface area contributed by atoms with Gasteiger partial charge in [0.25, 0.3) is 0 Å². The van der Waals surface area contributed by atoms with E-state index < -0.39 is 0 Å². The fourth-order valence-electron chi connectivity index (χ4n) is 1.70. The SMILES string of the molecule is Cc1ccc2nc(NC(=O)Cc3cscn3)nn2c1. The van der Waals surface area contributed by atoms with Gasteiger partial charge in [0.05, 0.1) is 17.6 Å². The zero-order valence-electron chi connectivity index (χ0n) is 10.2. The highest BCUT2D eigenvalue weighted by Gasteiger charge is 2.09. The monoisotopic (exact) mass is 273 g/mol. The number of nitrogens with zero attached hydrogens (tertiary/aromatic N) is 4. The van der Waals surface area contributed by atoms with E-state index in [0.717, 1.165) is 11.3 Å². The predicted molar refractivity (Wildman–Crippen MR) is 72.2 cm³/mol. The number of nitrogens with one attached hydrogen (secondary N) is 1. The second-order valence-electron chi connectivity index (χ2n) is 4.15. The number of hydrogen-bond donors (Lipinski definition) is 1. The Morgan fingerprint density at radius 3 is 3.16 bits per heavy atom. The normalized spacial score (nSPS) is 10.8. The van der Waals surface area contributed by atoms with Crippen molar-refractivity contribution in [3.05, 3.63) is 40.5 Å². The van der Waals surface area contributed by atoms with Gasteiger partial charge >= 0.3 is 0 Å². The van der Waals surface area contributed by atoms with Crippen molar-refractivity contribution in [1.29, 1.82) is 0 Å². The molecule has 3 aromatic rings. The van der Waals surface area contributed by atoms with E-state index in [1.165, 1.54) is 11.3 Å². The average Bonchev–Trinajstić information content (AvgIpc) is 2.97. The van der Waals surface area contributed by atoms with E-state index in [0.29, 0.717) is 11.6 Å². The molecule has 0 aliphatic rings. The van der Waals surface area contributed by atoms with Gasteiger partial charge in [0, 0.05) is 11.6 Å². The summed E-state index contributed by atoms with van der Waals surface area (Å²) < 4.78 is 1.65. The standard InChI is InChI=1S/C12H11N5OS/c1-8-2-3-10-14-12(16-17(10)5-8)15-11(18)4-9-6-19-7-13-9/h2-3,5-7H,4H2,1H3,(H,15,16,18). The van der Waals surface area contributed by atoms with Gasteiger partial charge in [-0.3, -0.25) is 10.1 Å². The quantitative estimate of drug-likeness (QED) is 0.788. The van der Waals surface area contributed by atoms with Crippen molar-refractivity contribution >= 4 is 28.8 Å². The summed E-state index contributed by atoms with van der Waals surface area (Å²) in [7, 11) is 0. The number of aromatic nitrogens is 4. The molecule has 0 atom stereocenters. The molecule has 1 N–H and O–H groups in total. The number of amides is 1. The molecule has 0 aliphatic heterocycles. The fraction of sp³-hybridized carbons (Fsp3) is 0.167. The highest BCUT2D eigenvalue weighted by molar-refractivity contribution is 7.07. The summed E-state index contributed by atoms with van der Waals surface area (Å²) in [6.45, 7) is 1.97. The fourth-order valence-corrected chi connectivity index (χ4v) is 2.26. The largest absolute Gasteiger partial charge is 0.293 e. The number of pyridine rings is 1. The molecule has 1 amide bonds. The summed E-state index contributed by atoms with van der Waals surface area (Å²) in [5, 5.41) is 8.72. The van der Waals surface area contributed by atoms with Crippen LogP contribution in [-0.4, -0.2) is 25.5 Å². The molecule has 0 bridgehead atoms. The molecule has 0 fully saturated rings. The maximum Gasteiger partial charge on any atom is 0.249 e. The minimum absolute atomic E-state index is 0.168. The third-order valence-electron chi connectivity index (χ3n) is 2.56. The second-order valence-corrected chi connectivity index (χ2v) is 4.87. The molecule has 0 unspecified atom stereocenters. The minimum Gasteiger partial charge on any atom is -0.293 e. The van der Waals surface area contributed by atoms with Gasteiger partial charge in [-0.2, -0.15) is 4.98 Å². The van der Waals surface area contributed by atoms with Crippen LogP contribution in [0.5, 0.6) is 0 Å². The van der Waals surface area contributed by atoms with E-state index >= 15 is 0 Å². The number of aryl methyl sites for hydroxylation is 1. The van der Waals surface area contributed by atoms with Crippen molar-refractivity contribution in [3.8, 4) is 0 Å². The first-order chi connectivity index (χ1) is 9.20. The molecule has 0 saturated heterocycles. The molecule has 6 nitrogen and oxygen atoms in total. The van der Waals surface area contributed by atoms with Crippen LogP contribution >= 0.6 is 11.3 Å². The van der Waals surface area contributed by atoms with Crippen molar-refractivity contribution in [2.75, 3.05) is 5.32 Å². The molecule has 3 rings (SSSR count). The van der Waals surface area contributed by atoms with Gasteiger partial charge in [-0.15, -0.1) is 16.4 Å². The van der Waals surface area contributed by atoms with Crippen molar-refractivity contribution < 1.29 is 4.79 Å². The van der Waals surface area contributed by atoms with Gasteiger partial charge < -0.3 is 0 Å². The maximum atomic E-state index is 11.8. The van der Waals surface area contributed by atoms with E-state index in [9.17, 15) is 4.79 Å². The van der Waals surface area contributed by atoms with Gasteiger partial charge in [0.2, 0.25) is 11.9 Å². The average molecular weight is 273 g/mol. The second kappa shape index (κ2) is 4.77. The summed E-state index contributed by atoms with van der Waals surface area (Å²) >= 11 is 1.47. The van der Waals surface area contributed by atoms with Gasteiger partial charge in [-0.05, 0) is 18.6 Å². The van der Waals surface area contributed by atoms with Crippen LogP contribution in [0.4, 0.5) is 5.95 Å². The van der Waals surface area contributed by atoms with Crippen LogP contribution in [0.3, 0.4) is 0 Å². The summed E-state index contributed by atoms with van der Waals surface area (Å²) in [5.41, 5.74) is 4.24. The zero-order valence-corrected chi connectivity index (χ0v) is 11.0. The lowest BCUT2D eigenvalue weighted by Crippen LogP contribution is -2.15. The number of carbonyl (C=O) groups excluding carboxylic acids is 1. The minimum atomic E-state index is -0.168. The number of hydrogen-bond acceptors (Lipinski definition) is 5. The Kier molecular flexibility index (Phi) is 2.96. The Morgan fingerprint density at radius 2 is 2.37 bits per heavy atom. The lowest BCUT2D eigenvalue weighted by molar-refractivity contribution is -0.115. The number of rotatable bonds is 3. The Morgan fingerprint density at radius 1 is 1.47 bits per heavy atom. The molecular formula is C12H11N5OS. The molecule has 19 heavy (non-hydrogen) atoms. The molecule has 0 radical (unpaired) electrons. The van der Waals surface area contributed by atoms with Gasteiger partial charge in [-0.1, -0.05) is 6.07 Å². The van der Waals surface area contributed by atoms with Crippen LogP contribution in [0.15, 0.2) is 29.2 Å². The first-order valence-electron chi connectivity index (χ1n) is 5.71. The summed E-state index contributed by atoms with van der Waals surface area (Å²) in [5.74, 6) is 0.143. The Balaban J connectivity index is 1.76. The van der Waals surface area contributed by atoms with Gasteiger partial charge in [0.1, 0.15) is 0 Å². The highest BCUT2D eigenvalue weighted by atomic mass is 32.1. The number of thiazole rings is 1. The number of carbonyl (C=O) groups is 1. The molecule has 0 aliphatic carbocycles. The molecule has 0 spiro atoms. The van der Waals surface area contributed by atoms with Crippen LogP contribution in [0.2, 0.25) is 0 Å². The molecule has 0 saturated carbocycles. The summed E-state index contributed by atoms with van der Waals surface area (Å²) in [6, 6.07) is 3.81. The lowest BCUT2D eigenvalue weighted by Gasteiger charge is -1.97. The third-order valence-corrected chi connectivity index (χ3v) is 3.19. The number of anilines is 1. The first-order valence-corrected chi connectivity index (χ1v) is 6.65. The van der Waals surface area contributed by atoms with Gasteiger partial charge in [-0.25, -0.2) is 9.50 Å². The lowest BCUT2D eigenvalue weighted by atomic mass is 10.3. The van der Waals surface area contributed by atoms with E-state index in [2.05, 4.69) is 20.4 Å². The van der Waals surface area contributed by atoms with Crippen molar-refractivity contribution in [2.24, 2.45) is 0 Å². The van der Waals surface area contributed by atoms with Crippen LogP contribution in [0.25, 0.3) is 5.65 Å². The van der Waals surface area contributed by atoms with Crippen molar-refractivity contribution in [1.82, 2.24) is 19.6 Å². The summed E-state index contributed by atoms with van der Waals surface area (Å²) in [4.78, 5) is 20.1. The third kappa shape index (κ3) is 2.60. The first kappa shape index (κ1) is 11.8. The van der Waals surface area contributed by atoms with E-state index in [1.54, 1.807) is 10.0 Å². The van der Waals surface area contributed by atoms with E-state index in [4.69, 9.17) is 0 Å². The smallest absolute Gasteiger partial charge is 0.249 e. The molecule has 0 aromatic carbocycles. The van der Waals surface area contributed by atoms with Crippen LogP contribution in [0, 0.1) is 6.92 Å². The van der Waals surface area contributed by atoms with E-state index in [1.807, 2.05) is 30.6 Å². The van der Waals surface area contributed by atoms with Crippen LogP contribution < -0.4 is 5.32 Å². The molecule has 96 valence electrons. The molecule has 3 heterocycles.